The molecule has 0 saturated carbocycles. The lowest BCUT2D eigenvalue weighted by Crippen LogP contribution is -2.24. The van der Waals surface area contributed by atoms with Crippen LogP contribution in [0, 0.1) is 13.7 Å². The molecule has 0 bridgehead atoms. The van der Waals surface area contributed by atoms with Crippen LogP contribution in [0.3, 0.4) is 0 Å². The van der Waals surface area contributed by atoms with Gasteiger partial charge in [-0.2, -0.15) is 5.10 Å². The van der Waals surface area contributed by atoms with Crippen molar-refractivity contribution in [2.24, 2.45) is 5.10 Å². The third kappa shape index (κ3) is 7.56. The van der Waals surface area contributed by atoms with Crippen LogP contribution in [0.4, 0.5) is 5.69 Å². The van der Waals surface area contributed by atoms with Gasteiger partial charge in [0.15, 0.2) is 12.4 Å². The maximum Gasteiger partial charge on any atom is 0.344 e. The molecule has 1 N–H and O–H groups in total. The number of hydrogen-bond donors (Lipinski definition) is 1. The fourth-order valence-electron chi connectivity index (χ4n) is 2.63. The van der Waals surface area contributed by atoms with E-state index in [1.54, 1.807) is 30.3 Å². The van der Waals surface area contributed by atoms with Gasteiger partial charge in [0.2, 0.25) is 0 Å². The third-order valence-corrected chi connectivity index (χ3v) is 6.81. The summed E-state index contributed by atoms with van der Waals surface area (Å²) < 4.78 is 13.3. The van der Waals surface area contributed by atoms with E-state index < -0.39 is 16.8 Å². The minimum atomic E-state index is -0.571. The highest BCUT2D eigenvalue weighted by molar-refractivity contribution is 14.1. The Labute approximate surface area is 237 Å². The normalized spacial score (nSPS) is 10.7. The number of nitrogens with zero attached hydrogens (tertiary/aromatic N) is 2. The number of rotatable bonds is 8. The number of hydrazone groups is 1. The summed E-state index contributed by atoms with van der Waals surface area (Å²) >= 11 is 12.0. The second kappa shape index (κ2) is 12.6. The van der Waals surface area contributed by atoms with Crippen molar-refractivity contribution in [2.75, 3.05) is 6.61 Å². The Kier molecular flexibility index (Phi) is 9.77. The third-order valence-electron chi connectivity index (χ3n) is 4.20. The van der Waals surface area contributed by atoms with E-state index in [4.69, 9.17) is 9.47 Å². The lowest BCUT2D eigenvalue weighted by Gasteiger charge is -2.11. The first-order chi connectivity index (χ1) is 16.7. The van der Waals surface area contributed by atoms with Crippen LogP contribution in [0.15, 0.2) is 73.1 Å². The van der Waals surface area contributed by atoms with Crippen molar-refractivity contribution in [1.82, 2.24) is 5.43 Å². The predicted molar refractivity (Wildman–Crippen MR) is 148 cm³/mol. The Bertz CT molecular complexity index is 1340. The molecule has 13 heteroatoms. The minimum absolute atomic E-state index is 0.114. The van der Waals surface area contributed by atoms with Crippen molar-refractivity contribution in [1.29, 1.82) is 0 Å². The van der Waals surface area contributed by atoms with Crippen molar-refractivity contribution in [3.63, 3.8) is 0 Å². The molecule has 0 aliphatic rings. The molecule has 35 heavy (non-hydrogen) atoms. The number of benzene rings is 3. The Balaban J connectivity index is 1.67. The van der Waals surface area contributed by atoms with E-state index in [-0.39, 0.29) is 23.8 Å². The number of carbonyl (C=O) groups is 2. The number of hydrogen-bond acceptors (Lipinski definition) is 7. The van der Waals surface area contributed by atoms with Crippen molar-refractivity contribution in [3.05, 3.63) is 92.8 Å². The molecule has 0 unspecified atom stereocenters. The summed E-state index contributed by atoms with van der Waals surface area (Å²) in [6, 6.07) is 14.3. The van der Waals surface area contributed by atoms with Crippen LogP contribution < -0.4 is 14.9 Å². The van der Waals surface area contributed by atoms with Gasteiger partial charge in [0, 0.05) is 25.7 Å². The number of nitrogens with one attached hydrogen (secondary N) is 1. The molecule has 0 atom stereocenters. The molecule has 3 rings (SSSR count). The molecule has 0 aliphatic carbocycles. The summed E-state index contributed by atoms with van der Waals surface area (Å²) in [6.07, 6.45) is 1.33. The van der Waals surface area contributed by atoms with E-state index in [1.807, 2.05) is 6.07 Å². The van der Waals surface area contributed by atoms with E-state index in [9.17, 15) is 19.7 Å². The quantitative estimate of drug-likeness (QED) is 0.0723. The lowest BCUT2D eigenvalue weighted by molar-refractivity contribution is -0.384. The van der Waals surface area contributed by atoms with Crippen LogP contribution in [0.2, 0.25) is 0 Å². The molecule has 0 heterocycles. The minimum Gasteiger partial charge on any atom is -0.483 e. The van der Waals surface area contributed by atoms with Gasteiger partial charge in [-0.1, -0.05) is 28.1 Å². The van der Waals surface area contributed by atoms with Crippen LogP contribution in [0.5, 0.6) is 11.5 Å². The van der Waals surface area contributed by atoms with Gasteiger partial charge in [0.1, 0.15) is 5.75 Å². The Morgan fingerprint density at radius 2 is 1.83 bits per heavy atom. The molecule has 0 saturated heterocycles. The second-order valence-electron chi connectivity index (χ2n) is 6.63. The molecule has 180 valence electrons. The summed E-state index contributed by atoms with van der Waals surface area (Å²) in [5, 5.41) is 14.7. The molecule has 9 nitrogen and oxygen atoms in total. The number of amides is 1. The fourth-order valence-corrected chi connectivity index (χ4v) is 5.06. The average molecular weight is 782 g/mol. The highest BCUT2D eigenvalue weighted by Gasteiger charge is 2.17. The number of nitro benzene ring substituents is 1. The summed E-state index contributed by atoms with van der Waals surface area (Å²) in [5.41, 5.74) is 3.04. The predicted octanol–water partition coefficient (Wildman–Crippen LogP) is 6.24. The number of non-ortho nitro benzene ring substituents is 1. The van der Waals surface area contributed by atoms with Gasteiger partial charge in [-0.15, -0.1) is 0 Å². The van der Waals surface area contributed by atoms with Crippen LogP contribution in [-0.2, 0) is 4.79 Å². The van der Waals surface area contributed by atoms with Gasteiger partial charge in [-0.3, -0.25) is 14.9 Å². The zero-order chi connectivity index (χ0) is 25.5. The maximum atomic E-state index is 12.7. The molecular weight excluding hydrogens is 769 g/mol. The number of carbonyl (C=O) groups excluding carboxylic acids is 2. The molecule has 0 fully saturated rings. The Hall–Kier alpha value is -2.36. The summed E-state index contributed by atoms with van der Waals surface area (Å²) in [6.45, 7) is -0.385. The Morgan fingerprint density at radius 3 is 2.51 bits per heavy atom. The van der Waals surface area contributed by atoms with Crippen molar-refractivity contribution in [3.8, 4) is 11.5 Å². The summed E-state index contributed by atoms with van der Waals surface area (Å²) in [5.74, 6) is -0.631. The fraction of sp³-hybridized carbons (Fsp3) is 0.0455. The topological polar surface area (TPSA) is 120 Å². The van der Waals surface area contributed by atoms with E-state index in [0.717, 1.165) is 3.57 Å². The number of esters is 1. The molecule has 0 aliphatic heterocycles. The summed E-state index contributed by atoms with van der Waals surface area (Å²) in [7, 11) is 0. The zero-order valence-electron chi connectivity index (χ0n) is 17.3. The summed E-state index contributed by atoms with van der Waals surface area (Å²) in [4.78, 5) is 35.1. The van der Waals surface area contributed by atoms with Crippen LogP contribution in [-0.4, -0.2) is 29.6 Å². The van der Waals surface area contributed by atoms with Crippen LogP contribution in [0.25, 0.3) is 0 Å². The van der Waals surface area contributed by atoms with Gasteiger partial charge in [-0.05, 0) is 84.8 Å². The van der Waals surface area contributed by atoms with E-state index in [2.05, 4.69) is 80.9 Å². The second-order valence-corrected chi connectivity index (χ2v) is 10.4. The molecule has 0 radical (unpaired) electrons. The number of halogens is 4. The number of nitro groups is 1. The van der Waals surface area contributed by atoms with E-state index in [1.165, 1.54) is 24.4 Å². The molecule has 1 amide bonds. The lowest BCUT2D eigenvalue weighted by atomic mass is 10.2. The van der Waals surface area contributed by atoms with Gasteiger partial charge in [0.05, 0.1) is 25.6 Å². The highest BCUT2D eigenvalue weighted by Crippen LogP contribution is 2.33. The van der Waals surface area contributed by atoms with Gasteiger partial charge >= 0.3 is 5.97 Å². The molecule has 3 aromatic rings. The zero-order valence-corrected chi connectivity index (χ0v) is 24.3. The molecular formula is C22H13Br3IN3O6. The van der Waals surface area contributed by atoms with Crippen molar-refractivity contribution >= 4 is 94.2 Å². The number of ether oxygens (including phenoxy) is 2. The van der Waals surface area contributed by atoms with Crippen molar-refractivity contribution in [2.45, 2.75) is 0 Å². The van der Waals surface area contributed by atoms with Crippen LogP contribution >= 0.6 is 70.4 Å². The highest BCUT2D eigenvalue weighted by atomic mass is 127. The first kappa shape index (κ1) is 27.2. The largest absolute Gasteiger partial charge is 0.483 e. The SMILES string of the molecule is O=C(COc1ccc([N+](=O)[O-])cc1Br)N/N=C\c1cc(Br)cc(Br)c1OC(=O)c1ccccc1I. The molecule has 0 spiro atoms. The van der Waals surface area contributed by atoms with E-state index >= 15 is 0 Å². The smallest absolute Gasteiger partial charge is 0.344 e. The molecule has 3 aromatic carbocycles. The first-order valence-corrected chi connectivity index (χ1v) is 13.0. The van der Waals surface area contributed by atoms with Crippen molar-refractivity contribution < 1.29 is 24.0 Å². The maximum absolute atomic E-state index is 12.7. The first-order valence-electron chi connectivity index (χ1n) is 9.50. The average Bonchev–Trinajstić information content (AvgIpc) is 2.80. The van der Waals surface area contributed by atoms with Gasteiger partial charge in [0.25, 0.3) is 11.6 Å². The van der Waals surface area contributed by atoms with Gasteiger partial charge < -0.3 is 9.47 Å². The van der Waals surface area contributed by atoms with Crippen LogP contribution in [0.1, 0.15) is 15.9 Å². The molecule has 0 aromatic heterocycles. The standard InChI is InChI=1S/C22H13Br3IN3O6/c23-13-7-12(21(17(25)8-13)35-22(31)15-3-1-2-4-18(15)26)10-27-28-20(30)11-34-19-6-5-14(29(32)33)9-16(19)24/h1-10H,11H2,(H,28,30)/b27-10-. The Morgan fingerprint density at radius 1 is 1.09 bits per heavy atom. The van der Waals surface area contributed by atoms with E-state index in [0.29, 0.717) is 24.5 Å². The van der Waals surface area contributed by atoms with Gasteiger partial charge in [-0.25, -0.2) is 10.2 Å². The monoisotopic (exact) mass is 779 g/mol.